The van der Waals surface area contributed by atoms with Crippen molar-refractivity contribution < 1.29 is 30.0 Å². The number of carbonyl (C=O) groups excluding carboxylic acids is 1. The number of carbonyl (C=O) groups is 1. The first-order valence-corrected chi connectivity index (χ1v) is 8.57. The topological polar surface area (TPSA) is 119 Å². The fourth-order valence-corrected chi connectivity index (χ4v) is 2.91. The Morgan fingerprint density at radius 3 is 2.26 bits per heavy atom. The van der Waals surface area contributed by atoms with E-state index in [1.807, 2.05) is 6.92 Å². The molecule has 1 amide bonds. The lowest BCUT2D eigenvalue weighted by atomic mass is 9.91. The molecule has 1 heterocycles. The van der Waals surface area contributed by atoms with Gasteiger partial charge in [0.05, 0.1) is 18.8 Å². The first kappa shape index (κ1) is 20.3. The Morgan fingerprint density at radius 1 is 1.00 bits per heavy atom. The number of ether oxygens (including phenoxy) is 1. The molecule has 5 atom stereocenters. The zero-order valence-electron chi connectivity index (χ0n) is 13.9. The lowest BCUT2D eigenvalue weighted by molar-refractivity contribution is -0.195. The van der Waals surface area contributed by atoms with Gasteiger partial charge in [-0.15, -0.1) is 0 Å². The van der Waals surface area contributed by atoms with Crippen molar-refractivity contribution in [3.63, 3.8) is 0 Å². The van der Waals surface area contributed by atoms with Crippen LogP contribution in [0.4, 0.5) is 0 Å². The molecule has 1 aliphatic rings. The summed E-state index contributed by atoms with van der Waals surface area (Å²) in [6, 6.07) is -0.667. The van der Waals surface area contributed by atoms with Gasteiger partial charge in [-0.2, -0.15) is 0 Å². The van der Waals surface area contributed by atoms with Gasteiger partial charge < -0.3 is 30.5 Å². The van der Waals surface area contributed by atoms with Crippen molar-refractivity contribution in [1.29, 1.82) is 0 Å². The second-order valence-electron chi connectivity index (χ2n) is 6.12. The van der Waals surface area contributed by atoms with Gasteiger partial charge >= 0.3 is 0 Å². The van der Waals surface area contributed by atoms with Crippen LogP contribution in [0.25, 0.3) is 0 Å². The highest BCUT2D eigenvalue weighted by Gasteiger charge is 2.43. The highest BCUT2D eigenvalue weighted by Crippen LogP contribution is 2.23. The minimum absolute atomic E-state index is 0.173. The van der Waals surface area contributed by atoms with E-state index in [1.165, 1.54) is 0 Å². The second-order valence-corrected chi connectivity index (χ2v) is 6.12. The van der Waals surface area contributed by atoms with Crippen LogP contribution >= 0.6 is 0 Å². The van der Waals surface area contributed by atoms with Gasteiger partial charge in [-0.25, -0.2) is 0 Å². The van der Waals surface area contributed by atoms with E-state index in [4.69, 9.17) is 14.9 Å². The predicted molar refractivity (Wildman–Crippen MR) is 84.8 cm³/mol. The van der Waals surface area contributed by atoms with Crippen molar-refractivity contribution >= 4 is 5.91 Å². The predicted octanol–water partition coefficient (Wildman–Crippen LogP) is -0.304. The minimum Gasteiger partial charge on any atom is -0.396 e. The third-order valence-electron chi connectivity index (χ3n) is 4.32. The number of hydrogen-bond acceptors (Lipinski definition) is 6. The van der Waals surface area contributed by atoms with E-state index in [1.54, 1.807) is 0 Å². The molecular weight excluding hydrogens is 302 g/mol. The highest BCUT2D eigenvalue weighted by atomic mass is 16.5. The lowest BCUT2D eigenvalue weighted by Gasteiger charge is -2.42. The first-order valence-electron chi connectivity index (χ1n) is 8.57. The molecule has 1 aliphatic heterocycles. The Morgan fingerprint density at radius 2 is 1.65 bits per heavy atom. The smallest absolute Gasteiger partial charge is 0.220 e. The minimum atomic E-state index is -1.22. The third-order valence-corrected chi connectivity index (χ3v) is 4.32. The van der Waals surface area contributed by atoms with Gasteiger partial charge in [-0.1, -0.05) is 26.2 Å². The van der Waals surface area contributed by atoms with Crippen LogP contribution in [0.15, 0.2) is 0 Å². The van der Waals surface area contributed by atoms with Gasteiger partial charge in [0.2, 0.25) is 5.91 Å². The largest absolute Gasteiger partial charge is 0.396 e. The van der Waals surface area contributed by atoms with Crippen molar-refractivity contribution in [3.8, 4) is 0 Å². The van der Waals surface area contributed by atoms with Crippen LogP contribution in [0.1, 0.15) is 51.9 Å². The van der Waals surface area contributed by atoms with Crippen molar-refractivity contribution in [1.82, 2.24) is 5.32 Å². The van der Waals surface area contributed by atoms with Crippen LogP contribution < -0.4 is 5.32 Å². The Bertz CT molecular complexity index is 339. The summed E-state index contributed by atoms with van der Waals surface area (Å²) in [5.41, 5.74) is 0. The van der Waals surface area contributed by atoms with Gasteiger partial charge in [0.25, 0.3) is 0 Å². The zero-order chi connectivity index (χ0) is 17.2. The van der Waals surface area contributed by atoms with E-state index in [0.29, 0.717) is 12.8 Å². The second kappa shape index (κ2) is 10.9. The lowest BCUT2D eigenvalue weighted by Crippen LogP contribution is -2.64. The molecule has 23 heavy (non-hydrogen) atoms. The van der Waals surface area contributed by atoms with Crippen LogP contribution in [0.2, 0.25) is 0 Å². The van der Waals surface area contributed by atoms with Crippen molar-refractivity contribution in [2.24, 2.45) is 0 Å². The van der Waals surface area contributed by atoms with E-state index >= 15 is 0 Å². The third kappa shape index (κ3) is 6.35. The van der Waals surface area contributed by atoms with Crippen LogP contribution in [0.3, 0.4) is 0 Å². The molecule has 0 saturated carbocycles. The van der Waals surface area contributed by atoms with Crippen molar-refractivity contribution in [2.45, 2.75) is 82.3 Å². The molecule has 0 aromatic heterocycles. The highest BCUT2D eigenvalue weighted by molar-refractivity contribution is 5.76. The number of amides is 1. The van der Waals surface area contributed by atoms with E-state index in [2.05, 4.69) is 5.32 Å². The zero-order valence-corrected chi connectivity index (χ0v) is 13.9. The summed E-state index contributed by atoms with van der Waals surface area (Å²) in [6.07, 6.45) is 1.70. The van der Waals surface area contributed by atoms with Crippen LogP contribution in [0.5, 0.6) is 0 Å². The monoisotopic (exact) mass is 333 g/mol. The molecule has 0 aliphatic carbocycles. The molecule has 0 spiro atoms. The summed E-state index contributed by atoms with van der Waals surface area (Å²) < 4.78 is 5.55. The van der Waals surface area contributed by atoms with E-state index in [-0.39, 0.29) is 19.1 Å². The molecule has 1 fully saturated rings. The number of aliphatic hydroxyl groups excluding tert-OH is 4. The average Bonchev–Trinajstić information content (AvgIpc) is 2.55. The maximum Gasteiger partial charge on any atom is 0.220 e. The molecule has 3 unspecified atom stereocenters. The molecule has 1 rings (SSSR count). The quantitative estimate of drug-likeness (QED) is 0.350. The number of hydrogen-bond donors (Lipinski definition) is 5. The van der Waals surface area contributed by atoms with Gasteiger partial charge in [0.1, 0.15) is 18.3 Å². The number of nitrogens with one attached hydrogen (secondary N) is 1. The van der Waals surface area contributed by atoms with E-state index in [9.17, 15) is 15.0 Å². The summed E-state index contributed by atoms with van der Waals surface area (Å²) in [6.45, 7) is 1.70. The summed E-state index contributed by atoms with van der Waals surface area (Å²) in [4.78, 5) is 12.0. The molecule has 0 aromatic carbocycles. The molecule has 7 heteroatoms. The Kier molecular flexibility index (Phi) is 9.66. The Labute approximate surface area is 137 Å². The summed E-state index contributed by atoms with van der Waals surface area (Å²) in [7, 11) is 0. The van der Waals surface area contributed by atoms with Gasteiger partial charge in [0, 0.05) is 13.0 Å². The molecule has 0 aromatic rings. The van der Waals surface area contributed by atoms with Crippen molar-refractivity contribution in [2.75, 3.05) is 13.2 Å². The molecule has 136 valence electrons. The van der Waals surface area contributed by atoms with Crippen molar-refractivity contribution in [3.05, 3.63) is 0 Å². The van der Waals surface area contributed by atoms with Gasteiger partial charge in [-0.3, -0.25) is 4.79 Å². The standard InChI is InChI=1S/C16H31NO6/c1-2-11-14(16(22)15(21)12(10-19)23-11)17-13(20)8-6-4-3-5-7-9-18/h11-12,14-16,18-19,21-22H,2-10H2,1H3,(H,17,20)/t11-,12?,14?,15+,16?/m0/s1. The molecule has 7 nitrogen and oxygen atoms in total. The van der Waals surface area contributed by atoms with E-state index in [0.717, 1.165) is 32.1 Å². The summed E-state index contributed by atoms with van der Waals surface area (Å²) in [5, 5.41) is 40.7. The number of aliphatic hydroxyl groups is 4. The Balaban J connectivity index is 2.39. The summed E-state index contributed by atoms with van der Waals surface area (Å²) >= 11 is 0. The van der Waals surface area contributed by atoms with Crippen LogP contribution in [-0.2, 0) is 9.53 Å². The molecule has 1 saturated heterocycles. The number of unbranched alkanes of at least 4 members (excludes halogenated alkanes) is 4. The normalized spacial score (nSPS) is 31.1. The fourth-order valence-electron chi connectivity index (χ4n) is 2.91. The van der Waals surface area contributed by atoms with Gasteiger partial charge in [0.15, 0.2) is 0 Å². The molecular formula is C16H31NO6. The Hall–Kier alpha value is -0.730. The van der Waals surface area contributed by atoms with Crippen LogP contribution in [0, 0.1) is 0 Å². The average molecular weight is 333 g/mol. The fraction of sp³-hybridized carbons (Fsp3) is 0.938. The molecule has 0 bridgehead atoms. The maximum atomic E-state index is 12.0. The SMILES string of the molecule is CC[C@@H]1OC(CO)[C@@H](O)C(O)C1NC(=O)CCCCCCCO. The number of rotatable bonds is 10. The maximum absolute atomic E-state index is 12.0. The van der Waals surface area contributed by atoms with E-state index < -0.39 is 30.5 Å². The van der Waals surface area contributed by atoms with Crippen LogP contribution in [-0.4, -0.2) is 70.0 Å². The summed E-state index contributed by atoms with van der Waals surface area (Å²) in [5.74, 6) is -0.173. The molecule has 0 radical (unpaired) electrons. The van der Waals surface area contributed by atoms with Gasteiger partial charge in [-0.05, 0) is 19.3 Å². The molecule has 5 N–H and O–H groups in total. The first-order chi connectivity index (χ1) is 11.0.